The summed E-state index contributed by atoms with van der Waals surface area (Å²) in [7, 11) is 1.37. The number of pyridine rings is 1. The first-order valence-electron chi connectivity index (χ1n) is 12.9. The van der Waals surface area contributed by atoms with Crippen molar-refractivity contribution < 1.29 is 23.8 Å². The van der Waals surface area contributed by atoms with E-state index in [9.17, 15) is 9.59 Å². The largest absolute Gasteiger partial charge is 0.492 e. The van der Waals surface area contributed by atoms with Gasteiger partial charge in [-0.3, -0.25) is 9.78 Å². The van der Waals surface area contributed by atoms with E-state index in [0.717, 1.165) is 40.9 Å². The lowest BCUT2D eigenvalue weighted by atomic mass is 9.95. The van der Waals surface area contributed by atoms with Crippen LogP contribution < -0.4 is 4.74 Å². The Bertz CT molecular complexity index is 1410. The zero-order valence-electron chi connectivity index (χ0n) is 22.7. The molecule has 0 saturated heterocycles. The molecule has 0 atom stereocenters. The molecule has 0 unspecified atom stereocenters. The molecule has 4 rings (SSSR count). The van der Waals surface area contributed by atoms with E-state index in [0.29, 0.717) is 23.7 Å². The zero-order valence-corrected chi connectivity index (χ0v) is 22.7. The minimum atomic E-state index is -0.737. The summed E-state index contributed by atoms with van der Waals surface area (Å²) in [6.45, 7) is 6.25. The van der Waals surface area contributed by atoms with E-state index >= 15 is 0 Å². The van der Waals surface area contributed by atoms with Gasteiger partial charge in [-0.15, -0.1) is 0 Å². The number of carbonyl (C=O) groups excluding carboxylic acids is 2. The van der Waals surface area contributed by atoms with E-state index in [1.807, 2.05) is 48.5 Å². The van der Waals surface area contributed by atoms with Gasteiger partial charge in [0.1, 0.15) is 18.2 Å². The molecule has 0 fully saturated rings. The number of unbranched alkanes of at least 4 members (excludes halogenated alkanes) is 1. The van der Waals surface area contributed by atoms with Crippen molar-refractivity contribution in [1.29, 1.82) is 0 Å². The number of ether oxygens (including phenoxy) is 3. The first-order chi connectivity index (χ1) is 18.8. The van der Waals surface area contributed by atoms with Crippen molar-refractivity contribution in [2.24, 2.45) is 5.41 Å². The summed E-state index contributed by atoms with van der Waals surface area (Å²) >= 11 is 0. The summed E-state index contributed by atoms with van der Waals surface area (Å²) in [6.07, 6.45) is 5.33. The van der Waals surface area contributed by atoms with E-state index in [1.54, 1.807) is 38.4 Å². The lowest BCUT2D eigenvalue weighted by Crippen LogP contribution is -2.32. The zero-order chi connectivity index (χ0) is 27.8. The molecule has 202 valence electrons. The van der Waals surface area contributed by atoms with Gasteiger partial charge in [-0.25, -0.2) is 9.78 Å². The van der Waals surface area contributed by atoms with E-state index in [4.69, 9.17) is 14.2 Å². The number of methoxy groups -OCH3 is 1. The van der Waals surface area contributed by atoms with Crippen LogP contribution >= 0.6 is 0 Å². The van der Waals surface area contributed by atoms with Crippen molar-refractivity contribution in [3.05, 3.63) is 78.6 Å². The lowest BCUT2D eigenvalue weighted by molar-refractivity contribution is -0.152. The van der Waals surface area contributed by atoms with Gasteiger partial charge in [0, 0.05) is 22.9 Å². The van der Waals surface area contributed by atoms with Crippen LogP contribution in [0.3, 0.4) is 0 Å². The van der Waals surface area contributed by atoms with Crippen molar-refractivity contribution in [3.63, 3.8) is 0 Å². The predicted molar refractivity (Wildman–Crippen MR) is 149 cm³/mol. The molecule has 0 saturated carbocycles. The first kappa shape index (κ1) is 27.6. The molecule has 0 aliphatic carbocycles. The molecule has 0 amide bonds. The summed E-state index contributed by atoms with van der Waals surface area (Å²) in [4.78, 5) is 36.6. The number of aromatic nitrogens is 3. The number of carbonyl (C=O) groups is 2. The molecule has 8 nitrogen and oxygen atoms in total. The number of rotatable bonds is 11. The third kappa shape index (κ3) is 6.90. The van der Waals surface area contributed by atoms with Gasteiger partial charge in [0.25, 0.3) is 0 Å². The summed E-state index contributed by atoms with van der Waals surface area (Å²) in [5, 5.41) is 0. The molecule has 0 aliphatic rings. The van der Waals surface area contributed by atoms with Gasteiger partial charge >= 0.3 is 11.9 Å². The van der Waals surface area contributed by atoms with Gasteiger partial charge in [0.15, 0.2) is 0 Å². The van der Waals surface area contributed by atoms with Crippen LogP contribution in [-0.4, -0.2) is 47.2 Å². The number of nitrogens with one attached hydrogen (secondary N) is 1. The maximum Gasteiger partial charge on any atom is 0.338 e. The Kier molecular flexibility index (Phi) is 8.76. The van der Waals surface area contributed by atoms with Crippen LogP contribution in [0.25, 0.3) is 33.9 Å². The van der Waals surface area contributed by atoms with Crippen LogP contribution in [0, 0.1) is 5.41 Å². The van der Waals surface area contributed by atoms with Crippen molar-refractivity contribution >= 4 is 11.9 Å². The minimum Gasteiger partial charge on any atom is -0.492 e. The van der Waals surface area contributed by atoms with Crippen LogP contribution in [0.1, 0.15) is 44.0 Å². The fourth-order valence-corrected chi connectivity index (χ4v) is 3.85. The van der Waals surface area contributed by atoms with Crippen LogP contribution in [0.2, 0.25) is 0 Å². The Hall–Kier alpha value is -4.46. The van der Waals surface area contributed by atoms with E-state index in [1.165, 1.54) is 7.11 Å². The van der Waals surface area contributed by atoms with Gasteiger partial charge < -0.3 is 19.2 Å². The molecule has 8 heteroatoms. The molecule has 0 radical (unpaired) electrons. The molecule has 39 heavy (non-hydrogen) atoms. The highest BCUT2D eigenvalue weighted by Crippen LogP contribution is 2.26. The fourth-order valence-electron chi connectivity index (χ4n) is 3.85. The standard InChI is InChI=1S/C31H33N3O5/c1-5-6-16-38-29(35)23-9-7-8-22(17-23)27-19-33-28(34-27)24-12-15-26(32-18-24)21-10-13-25(14-11-21)39-20-31(2,3)30(36)37-4/h7-15,17-19H,5-6,16,20H2,1-4H3,(H,33,34). The fraction of sp³-hybridized carbons (Fsp3) is 0.290. The third-order valence-electron chi connectivity index (χ3n) is 6.24. The first-order valence-corrected chi connectivity index (χ1v) is 12.9. The second-order valence-corrected chi connectivity index (χ2v) is 9.84. The summed E-state index contributed by atoms with van der Waals surface area (Å²) < 4.78 is 15.9. The molecule has 2 aromatic carbocycles. The molecule has 1 N–H and O–H groups in total. The smallest absolute Gasteiger partial charge is 0.338 e. The Balaban J connectivity index is 1.41. The Morgan fingerprint density at radius 3 is 2.38 bits per heavy atom. The predicted octanol–water partition coefficient (Wildman–Crippen LogP) is 6.34. The third-order valence-corrected chi connectivity index (χ3v) is 6.24. The second-order valence-electron chi connectivity index (χ2n) is 9.84. The number of hydrogen-bond donors (Lipinski definition) is 1. The Labute approximate surface area is 228 Å². The maximum absolute atomic E-state index is 12.3. The highest BCUT2D eigenvalue weighted by Gasteiger charge is 2.29. The molecule has 0 spiro atoms. The van der Waals surface area contributed by atoms with Crippen LogP contribution in [-0.2, 0) is 14.3 Å². The van der Waals surface area contributed by atoms with Gasteiger partial charge in [0.2, 0.25) is 0 Å². The average Bonchev–Trinajstić information content (AvgIpc) is 3.47. The van der Waals surface area contributed by atoms with Crippen molar-refractivity contribution in [2.45, 2.75) is 33.6 Å². The molecular formula is C31H33N3O5. The van der Waals surface area contributed by atoms with E-state index in [-0.39, 0.29) is 18.5 Å². The number of hydrogen-bond acceptors (Lipinski definition) is 7. The average molecular weight is 528 g/mol. The van der Waals surface area contributed by atoms with Gasteiger partial charge in [-0.05, 0) is 68.8 Å². The number of H-pyrrole nitrogens is 1. The number of aromatic amines is 1. The summed E-state index contributed by atoms with van der Waals surface area (Å²) in [5.74, 6) is 0.697. The van der Waals surface area contributed by atoms with Crippen LogP contribution in [0.5, 0.6) is 5.75 Å². The highest BCUT2D eigenvalue weighted by molar-refractivity contribution is 5.91. The van der Waals surface area contributed by atoms with E-state index in [2.05, 4.69) is 21.9 Å². The molecule has 4 aromatic rings. The second kappa shape index (κ2) is 12.4. The normalized spacial score (nSPS) is 11.2. The van der Waals surface area contributed by atoms with Gasteiger partial charge in [0.05, 0.1) is 42.3 Å². The van der Waals surface area contributed by atoms with Crippen LogP contribution in [0.4, 0.5) is 0 Å². The van der Waals surface area contributed by atoms with Crippen molar-refractivity contribution in [2.75, 3.05) is 20.3 Å². The van der Waals surface area contributed by atoms with Crippen molar-refractivity contribution in [1.82, 2.24) is 15.0 Å². The SMILES string of the molecule is CCCCOC(=O)c1cccc(-c2cnc(-c3ccc(-c4ccc(OCC(C)(C)C(=O)OC)cc4)nc3)[nH]2)c1. The summed E-state index contributed by atoms with van der Waals surface area (Å²) in [5.41, 5.74) is 3.99. The molecule has 2 heterocycles. The van der Waals surface area contributed by atoms with E-state index < -0.39 is 5.41 Å². The number of nitrogens with zero attached hydrogens (tertiary/aromatic N) is 2. The van der Waals surface area contributed by atoms with Gasteiger partial charge in [-0.2, -0.15) is 0 Å². The van der Waals surface area contributed by atoms with Crippen LogP contribution in [0.15, 0.2) is 73.1 Å². The van der Waals surface area contributed by atoms with Crippen molar-refractivity contribution in [3.8, 4) is 39.7 Å². The number of imidazole rings is 1. The quantitative estimate of drug-likeness (QED) is 0.179. The topological polar surface area (TPSA) is 103 Å². The number of benzene rings is 2. The Morgan fingerprint density at radius 1 is 0.923 bits per heavy atom. The lowest BCUT2D eigenvalue weighted by Gasteiger charge is -2.21. The molecule has 0 bridgehead atoms. The molecule has 2 aromatic heterocycles. The minimum absolute atomic E-state index is 0.213. The number of esters is 2. The molecule has 0 aliphatic heterocycles. The van der Waals surface area contributed by atoms with Gasteiger partial charge in [-0.1, -0.05) is 25.5 Å². The molecular weight excluding hydrogens is 494 g/mol. The summed E-state index contributed by atoms with van der Waals surface area (Å²) in [6, 6.07) is 18.7. The highest BCUT2D eigenvalue weighted by atomic mass is 16.5. The monoisotopic (exact) mass is 527 g/mol. The Morgan fingerprint density at radius 2 is 1.69 bits per heavy atom. The maximum atomic E-state index is 12.3.